The number of amides is 1. The number of carbonyl (C=O) groups excluding carboxylic acids is 1. The average molecular weight is 284 g/mol. The van der Waals surface area contributed by atoms with Crippen molar-refractivity contribution in [2.75, 3.05) is 7.05 Å². The second-order valence-corrected chi connectivity index (χ2v) is 7.09. The predicted octanol–water partition coefficient (Wildman–Crippen LogP) is 1.43. The zero-order valence-corrected chi connectivity index (χ0v) is 12.7. The number of carbonyl (C=O) groups is 1. The molecule has 19 heavy (non-hydrogen) atoms. The number of aryl methyl sites for hydroxylation is 1. The van der Waals surface area contributed by atoms with E-state index in [9.17, 15) is 13.2 Å². The standard InChI is InChI=1S/C13H20N2O3S/c1-9-6-7-10(8-11(9)12(16)14-5)19(17,18)15-13(2,3)4/h6-8,15H,1-5H3,(H,14,16). The molecule has 0 aromatic heterocycles. The van der Waals surface area contributed by atoms with Gasteiger partial charge in [0, 0.05) is 18.2 Å². The van der Waals surface area contributed by atoms with Crippen molar-refractivity contribution < 1.29 is 13.2 Å². The minimum Gasteiger partial charge on any atom is -0.355 e. The van der Waals surface area contributed by atoms with Gasteiger partial charge in [0.05, 0.1) is 4.90 Å². The molecule has 1 aromatic carbocycles. The van der Waals surface area contributed by atoms with Crippen molar-refractivity contribution in [2.45, 2.75) is 38.1 Å². The van der Waals surface area contributed by atoms with Gasteiger partial charge in [-0.2, -0.15) is 0 Å². The lowest BCUT2D eigenvalue weighted by Gasteiger charge is -2.20. The maximum absolute atomic E-state index is 12.2. The average Bonchev–Trinajstić information content (AvgIpc) is 2.25. The molecule has 0 saturated carbocycles. The molecule has 1 rings (SSSR count). The first kappa shape index (κ1) is 15.7. The van der Waals surface area contributed by atoms with E-state index in [0.29, 0.717) is 5.56 Å². The van der Waals surface area contributed by atoms with Gasteiger partial charge in [-0.3, -0.25) is 4.79 Å². The first-order valence-electron chi connectivity index (χ1n) is 5.93. The third-order valence-corrected chi connectivity index (χ3v) is 4.19. The van der Waals surface area contributed by atoms with E-state index in [1.54, 1.807) is 33.8 Å². The van der Waals surface area contributed by atoms with Crippen LogP contribution in [-0.4, -0.2) is 26.9 Å². The summed E-state index contributed by atoms with van der Waals surface area (Å²) in [5.74, 6) is -0.301. The van der Waals surface area contributed by atoms with E-state index in [-0.39, 0.29) is 10.8 Å². The first-order chi connectivity index (χ1) is 8.57. The second kappa shape index (κ2) is 5.30. The molecule has 0 spiro atoms. The van der Waals surface area contributed by atoms with Gasteiger partial charge in [-0.25, -0.2) is 13.1 Å². The maximum Gasteiger partial charge on any atom is 0.251 e. The lowest BCUT2D eigenvalue weighted by molar-refractivity contribution is 0.0962. The van der Waals surface area contributed by atoms with Crippen LogP contribution in [0.15, 0.2) is 23.1 Å². The van der Waals surface area contributed by atoms with Crippen LogP contribution in [0.25, 0.3) is 0 Å². The van der Waals surface area contributed by atoms with E-state index in [2.05, 4.69) is 10.0 Å². The summed E-state index contributed by atoms with van der Waals surface area (Å²) >= 11 is 0. The number of nitrogens with one attached hydrogen (secondary N) is 2. The summed E-state index contributed by atoms with van der Waals surface area (Å²) in [6.45, 7) is 7.05. The van der Waals surface area contributed by atoms with Gasteiger partial charge in [0.2, 0.25) is 10.0 Å². The van der Waals surface area contributed by atoms with Gasteiger partial charge in [0.15, 0.2) is 0 Å². The largest absolute Gasteiger partial charge is 0.355 e. The van der Waals surface area contributed by atoms with Crippen molar-refractivity contribution in [3.63, 3.8) is 0 Å². The van der Waals surface area contributed by atoms with E-state index in [1.165, 1.54) is 19.2 Å². The Morgan fingerprint density at radius 1 is 1.21 bits per heavy atom. The van der Waals surface area contributed by atoms with Crippen molar-refractivity contribution >= 4 is 15.9 Å². The van der Waals surface area contributed by atoms with Crippen molar-refractivity contribution in [1.29, 1.82) is 0 Å². The molecule has 0 bridgehead atoms. The van der Waals surface area contributed by atoms with E-state index < -0.39 is 15.6 Å². The number of benzene rings is 1. The monoisotopic (exact) mass is 284 g/mol. The fraction of sp³-hybridized carbons (Fsp3) is 0.462. The minimum atomic E-state index is -3.63. The van der Waals surface area contributed by atoms with Crippen LogP contribution in [-0.2, 0) is 10.0 Å². The highest BCUT2D eigenvalue weighted by Gasteiger charge is 2.23. The Bertz CT molecular complexity index is 586. The van der Waals surface area contributed by atoms with Gasteiger partial charge in [0.25, 0.3) is 5.91 Å². The molecule has 1 amide bonds. The summed E-state index contributed by atoms with van der Waals surface area (Å²) in [4.78, 5) is 11.8. The molecule has 2 N–H and O–H groups in total. The van der Waals surface area contributed by atoms with Gasteiger partial charge in [-0.05, 0) is 45.4 Å². The Morgan fingerprint density at radius 2 is 1.79 bits per heavy atom. The molecule has 5 nitrogen and oxygen atoms in total. The van der Waals surface area contributed by atoms with Crippen LogP contribution in [0.5, 0.6) is 0 Å². The molecule has 0 aliphatic rings. The van der Waals surface area contributed by atoms with Crippen LogP contribution in [0.1, 0.15) is 36.7 Å². The molecule has 0 aliphatic heterocycles. The zero-order valence-electron chi connectivity index (χ0n) is 11.9. The SMILES string of the molecule is CNC(=O)c1cc(S(=O)(=O)NC(C)(C)C)ccc1C. The van der Waals surface area contributed by atoms with Gasteiger partial charge in [-0.15, -0.1) is 0 Å². The first-order valence-corrected chi connectivity index (χ1v) is 7.42. The predicted molar refractivity (Wildman–Crippen MR) is 74.6 cm³/mol. The Morgan fingerprint density at radius 3 is 2.26 bits per heavy atom. The summed E-state index contributed by atoms with van der Waals surface area (Å²) < 4.78 is 26.9. The highest BCUT2D eigenvalue weighted by atomic mass is 32.2. The van der Waals surface area contributed by atoms with Gasteiger partial charge >= 0.3 is 0 Å². The Balaban J connectivity index is 3.26. The number of hydrogen-bond donors (Lipinski definition) is 2. The molecule has 0 unspecified atom stereocenters. The summed E-state index contributed by atoms with van der Waals surface area (Å²) in [5, 5.41) is 2.49. The van der Waals surface area contributed by atoms with E-state index in [4.69, 9.17) is 0 Å². The molecule has 0 fully saturated rings. The van der Waals surface area contributed by atoms with Crippen LogP contribution in [0.2, 0.25) is 0 Å². The summed E-state index contributed by atoms with van der Waals surface area (Å²) in [6.07, 6.45) is 0. The highest BCUT2D eigenvalue weighted by Crippen LogP contribution is 2.17. The summed E-state index contributed by atoms with van der Waals surface area (Å²) in [5.41, 5.74) is 0.519. The minimum absolute atomic E-state index is 0.0895. The number of hydrogen-bond acceptors (Lipinski definition) is 3. The van der Waals surface area contributed by atoms with Gasteiger partial charge < -0.3 is 5.32 Å². The van der Waals surface area contributed by atoms with Crippen molar-refractivity contribution in [2.24, 2.45) is 0 Å². The van der Waals surface area contributed by atoms with Crippen LogP contribution >= 0.6 is 0 Å². The number of rotatable bonds is 3. The molecular weight excluding hydrogens is 264 g/mol. The molecule has 0 atom stereocenters. The molecule has 6 heteroatoms. The van der Waals surface area contributed by atoms with E-state index in [1.807, 2.05) is 0 Å². The molecular formula is C13H20N2O3S. The zero-order chi connectivity index (χ0) is 14.8. The van der Waals surface area contributed by atoms with Crippen molar-refractivity contribution in [1.82, 2.24) is 10.0 Å². The fourth-order valence-corrected chi connectivity index (χ4v) is 3.05. The van der Waals surface area contributed by atoms with Crippen LogP contribution < -0.4 is 10.0 Å². The highest BCUT2D eigenvalue weighted by molar-refractivity contribution is 7.89. The van der Waals surface area contributed by atoms with Crippen LogP contribution in [0.3, 0.4) is 0 Å². The fourth-order valence-electron chi connectivity index (χ4n) is 1.61. The molecule has 106 valence electrons. The second-order valence-electron chi connectivity index (χ2n) is 5.41. The molecule has 1 aromatic rings. The van der Waals surface area contributed by atoms with E-state index >= 15 is 0 Å². The maximum atomic E-state index is 12.2. The lowest BCUT2D eigenvalue weighted by atomic mass is 10.1. The van der Waals surface area contributed by atoms with Gasteiger partial charge in [0.1, 0.15) is 0 Å². The third-order valence-electron chi connectivity index (χ3n) is 2.43. The van der Waals surface area contributed by atoms with E-state index in [0.717, 1.165) is 5.56 Å². The molecule has 0 saturated heterocycles. The molecule has 0 heterocycles. The normalized spacial score (nSPS) is 12.3. The summed E-state index contributed by atoms with van der Waals surface area (Å²) in [7, 11) is -2.12. The lowest BCUT2D eigenvalue weighted by Crippen LogP contribution is -2.40. The smallest absolute Gasteiger partial charge is 0.251 e. The van der Waals surface area contributed by atoms with Crippen LogP contribution in [0.4, 0.5) is 0 Å². The number of sulfonamides is 1. The quantitative estimate of drug-likeness (QED) is 0.881. The Kier molecular flexibility index (Phi) is 4.37. The third kappa shape index (κ3) is 4.04. The topological polar surface area (TPSA) is 75.3 Å². The van der Waals surface area contributed by atoms with Crippen molar-refractivity contribution in [3.05, 3.63) is 29.3 Å². The molecule has 0 radical (unpaired) electrons. The van der Waals surface area contributed by atoms with Crippen molar-refractivity contribution in [3.8, 4) is 0 Å². The Labute approximate surface area is 114 Å². The summed E-state index contributed by atoms with van der Waals surface area (Å²) in [6, 6.07) is 4.51. The van der Waals surface area contributed by atoms with Crippen LogP contribution in [0, 0.1) is 6.92 Å². The molecule has 0 aliphatic carbocycles. The Hall–Kier alpha value is -1.40. The van der Waals surface area contributed by atoms with Gasteiger partial charge in [-0.1, -0.05) is 6.07 Å².